The molecule has 162 valence electrons. The zero-order valence-corrected chi connectivity index (χ0v) is 19.4. The maximum atomic E-state index is 13.4. The number of nitrogens with zero attached hydrogens (tertiary/aromatic N) is 1. The molecule has 0 spiro atoms. The Morgan fingerprint density at radius 2 is 1.70 bits per heavy atom. The van der Waals surface area contributed by atoms with Gasteiger partial charge in [-0.2, -0.15) is 0 Å². The van der Waals surface area contributed by atoms with Crippen LogP contribution in [0, 0.1) is 19.8 Å². The molecular formula is C25H33ClN2O2. The van der Waals surface area contributed by atoms with E-state index in [0.717, 1.165) is 22.3 Å². The molecule has 0 aliphatic heterocycles. The van der Waals surface area contributed by atoms with Crippen LogP contribution >= 0.6 is 11.6 Å². The number of hydrogen-bond acceptors (Lipinski definition) is 2. The number of amides is 2. The van der Waals surface area contributed by atoms with E-state index in [1.54, 1.807) is 4.90 Å². The van der Waals surface area contributed by atoms with Crippen LogP contribution in [0.1, 0.15) is 49.4 Å². The van der Waals surface area contributed by atoms with Gasteiger partial charge >= 0.3 is 0 Å². The molecule has 2 amide bonds. The van der Waals surface area contributed by atoms with E-state index in [4.69, 9.17) is 11.6 Å². The second kappa shape index (κ2) is 11.2. The third-order valence-corrected chi connectivity index (χ3v) is 5.37. The Hall–Kier alpha value is -2.33. The van der Waals surface area contributed by atoms with Crippen molar-refractivity contribution in [1.82, 2.24) is 10.2 Å². The average Bonchev–Trinajstić information content (AvgIpc) is 2.66. The summed E-state index contributed by atoms with van der Waals surface area (Å²) in [4.78, 5) is 28.0. The SMILES string of the molecule is CC[C@@H](C(=O)NCC(C)C)N(Cc1ccccc1Cl)C(=O)Cc1cc(C)cc(C)c1. The van der Waals surface area contributed by atoms with Gasteiger partial charge in [-0.05, 0) is 43.4 Å². The van der Waals surface area contributed by atoms with Gasteiger partial charge in [-0.1, -0.05) is 79.9 Å². The van der Waals surface area contributed by atoms with Gasteiger partial charge < -0.3 is 10.2 Å². The Morgan fingerprint density at radius 1 is 1.07 bits per heavy atom. The quantitative estimate of drug-likeness (QED) is 0.605. The van der Waals surface area contributed by atoms with Crippen molar-refractivity contribution in [2.75, 3.05) is 6.54 Å². The maximum Gasteiger partial charge on any atom is 0.242 e. The number of nitrogens with one attached hydrogen (secondary N) is 1. The lowest BCUT2D eigenvalue weighted by Gasteiger charge is -2.31. The summed E-state index contributed by atoms with van der Waals surface area (Å²) < 4.78 is 0. The van der Waals surface area contributed by atoms with Gasteiger partial charge in [0.1, 0.15) is 6.04 Å². The fourth-order valence-corrected chi connectivity index (χ4v) is 3.79. The van der Waals surface area contributed by atoms with Crippen LogP contribution in [0.4, 0.5) is 0 Å². The number of halogens is 1. The molecule has 0 fully saturated rings. The van der Waals surface area contributed by atoms with E-state index in [2.05, 4.69) is 11.4 Å². The first-order valence-electron chi connectivity index (χ1n) is 10.6. The fourth-order valence-electron chi connectivity index (χ4n) is 3.60. The molecule has 0 aromatic heterocycles. The molecule has 0 heterocycles. The summed E-state index contributed by atoms with van der Waals surface area (Å²) in [5.74, 6) is 0.146. The standard InChI is InChI=1S/C25H33ClN2O2/c1-6-23(25(30)27-15-17(2)3)28(16-21-9-7-8-10-22(21)26)24(29)14-20-12-18(4)11-19(5)13-20/h7-13,17,23H,6,14-16H2,1-5H3,(H,27,30)/t23-/m0/s1. The minimum atomic E-state index is -0.543. The zero-order chi connectivity index (χ0) is 22.3. The smallest absolute Gasteiger partial charge is 0.242 e. The van der Waals surface area contributed by atoms with Crippen molar-refractivity contribution < 1.29 is 9.59 Å². The highest BCUT2D eigenvalue weighted by Gasteiger charge is 2.29. The molecule has 2 aromatic rings. The van der Waals surface area contributed by atoms with Crippen molar-refractivity contribution in [3.63, 3.8) is 0 Å². The summed E-state index contributed by atoms with van der Waals surface area (Å²) in [5.41, 5.74) is 4.04. The van der Waals surface area contributed by atoms with Crippen LogP contribution in [0.2, 0.25) is 5.02 Å². The molecule has 1 N–H and O–H groups in total. The van der Waals surface area contributed by atoms with Gasteiger partial charge in [0.15, 0.2) is 0 Å². The van der Waals surface area contributed by atoms with Crippen LogP contribution in [0.5, 0.6) is 0 Å². The van der Waals surface area contributed by atoms with E-state index in [1.165, 1.54) is 0 Å². The lowest BCUT2D eigenvalue weighted by Crippen LogP contribution is -2.50. The molecule has 2 rings (SSSR count). The Balaban J connectivity index is 2.32. The van der Waals surface area contributed by atoms with E-state index in [9.17, 15) is 9.59 Å². The molecule has 4 nitrogen and oxygen atoms in total. The molecule has 0 aliphatic carbocycles. The van der Waals surface area contributed by atoms with Crippen LogP contribution in [-0.2, 0) is 22.6 Å². The molecule has 2 aromatic carbocycles. The zero-order valence-electron chi connectivity index (χ0n) is 18.7. The number of aryl methyl sites for hydroxylation is 2. The van der Waals surface area contributed by atoms with Crippen molar-refractivity contribution >= 4 is 23.4 Å². The highest BCUT2D eigenvalue weighted by atomic mass is 35.5. The molecule has 0 unspecified atom stereocenters. The molecule has 0 bridgehead atoms. The van der Waals surface area contributed by atoms with Crippen molar-refractivity contribution in [3.05, 3.63) is 69.7 Å². The predicted octanol–water partition coefficient (Wildman–Crippen LogP) is 5.08. The first-order chi connectivity index (χ1) is 14.2. The number of hydrogen-bond donors (Lipinski definition) is 1. The number of rotatable bonds is 9. The molecule has 0 aliphatic rings. The van der Waals surface area contributed by atoms with Crippen molar-refractivity contribution in [2.45, 2.75) is 60.0 Å². The van der Waals surface area contributed by atoms with Crippen LogP contribution in [0.15, 0.2) is 42.5 Å². The van der Waals surface area contributed by atoms with Crippen LogP contribution < -0.4 is 5.32 Å². The van der Waals surface area contributed by atoms with E-state index in [1.807, 2.05) is 71.0 Å². The fraction of sp³-hybridized carbons (Fsp3) is 0.440. The molecular weight excluding hydrogens is 396 g/mol. The second-order valence-electron chi connectivity index (χ2n) is 8.35. The summed E-state index contributed by atoms with van der Waals surface area (Å²) >= 11 is 6.37. The molecule has 1 atom stereocenters. The van der Waals surface area contributed by atoms with Crippen molar-refractivity contribution in [2.24, 2.45) is 5.92 Å². The molecule has 0 radical (unpaired) electrons. The van der Waals surface area contributed by atoms with Crippen LogP contribution in [0.25, 0.3) is 0 Å². The summed E-state index contributed by atoms with van der Waals surface area (Å²) in [6.45, 7) is 11.0. The van der Waals surface area contributed by atoms with Gasteiger partial charge in [0.2, 0.25) is 11.8 Å². The van der Waals surface area contributed by atoms with Crippen LogP contribution in [-0.4, -0.2) is 29.3 Å². The number of carbonyl (C=O) groups excluding carboxylic acids is 2. The normalized spacial score (nSPS) is 12.0. The van der Waals surface area contributed by atoms with E-state index in [-0.39, 0.29) is 18.2 Å². The molecule has 0 saturated heterocycles. The van der Waals surface area contributed by atoms with Crippen LogP contribution in [0.3, 0.4) is 0 Å². The average molecular weight is 429 g/mol. The minimum absolute atomic E-state index is 0.0773. The highest BCUT2D eigenvalue weighted by Crippen LogP contribution is 2.21. The highest BCUT2D eigenvalue weighted by molar-refractivity contribution is 6.31. The van der Waals surface area contributed by atoms with E-state index in [0.29, 0.717) is 30.5 Å². The van der Waals surface area contributed by atoms with Crippen molar-refractivity contribution in [3.8, 4) is 0 Å². The summed E-state index contributed by atoms with van der Waals surface area (Å²) in [6, 6.07) is 13.1. The molecule has 30 heavy (non-hydrogen) atoms. The van der Waals surface area contributed by atoms with Gasteiger partial charge in [-0.3, -0.25) is 9.59 Å². The summed E-state index contributed by atoms with van der Waals surface area (Å²) in [5, 5.41) is 3.58. The van der Waals surface area contributed by atoms with Gasteiger partial charge in [-0.25, -0.2) is 0 Å². The lowest BCUT2D eigenvalue weighted by molar-refractivity contribution is -0.141. The Labute approximate surface area is 185 Å². The minimum Gasteiger partial charge on any atom is -0.354 e. The number of benzene rings is 2. The topological polar surface area (TPSA) is 49.4 Å². The molecule has 0 saturated carbocycles. The summed E-state index contributed by atoms with van der Waals surface area (Å²) in [7, 11) is 0. The summed E-state index contributed by atoms with van der Waals surface area (Å²) in [6.07, 6.45) is 0.786. The third kappa shape index (κ3) is 6.88. The van der Waals surface area contributed by atoms with Gasteiger partial charge in [0.05, 0.1) is 6.42 Å². The van der Waals surface area contributed by atoms with Gasteiger partial charge in [0.25, 0.3) is 0 Å². The van der Waals surface area contributed by atoms with Crippen molar-refractivity contribution in [1.29, 1.82) is 0 Å². The Bertz CT molecular complexity index is 859. The lowest BCUT2D eigenvalue weighted by atomic mass is 10.0. The van der Waals surface area contributed by atoms with E-state index < -0.39 is 6.04 Å². The maximum absolute atomic E-state index is 13.4. The Kier molecular flexibility index (Phi) is 8.91. The predicted molar refractivity (Wildman–Crippen MR) is 124 cm³/mol. The number of carbonyl (C=O) groups is 2. The molecule has 5 heteroatoms. The van der Waals surface area contributed by atoms with Gasteiger partial charge in [0, 0.05) is 18.1 Å². The first kappa shape index (κ1) is 23.9. The Morgan fingerprint density at radius 3 is 2.27 bits per heavy atom. The monoisotopic (exact) mass is 428 g/mol. The van der Waals surface area contributed by atoms with Gasteiger partial charge in [-0.15, -0.1) is 0 Å². The van der Waals surface area contributed by atoms with E-state index >= 15 is 0 Å². The second-order valence-corrected chi connectivity index (χ2v) is 8.76. The first-order valence-corrected chi connectivity index (χ1v) is 11.0. The largest absolute Gasteiger partial charge is 0.354 e. The third-order valence-electron chi connectivity index (χ3n) is 5.01.